The summed E-state index contributed by atoms with van der Waals surface area (Å²) in [5.41, 5.74) is 2.95. The quantitative estimate of drug-likeness (QED) is 0.910. The zero-order valence-electron chi connectivity index (χ0n) is 11.9. The van der Waals surface area contributed by atoms with Crippen LogP contribution in [0.1, 0.15) is 38.2 Å². The minimum Gasteiger partial charge on any atom is -0.370 e. The van der Waals surface area contributed by atoms with E-state index >= 15 is 0 Å². The number of aromatic nitrogens is 3. The third-order valence-corrected chi connectivity index (χ3v) is 2.82. The standard InChI is InChI=1S/C15H20N4/c1-5-16-14-8-13(18-15(19-14)10(2)3)12-7-6-11(4)17-9-12/h6-10H,5H2,1-4H3,(H,16,18,19). The predicted molar refractivity (Wildman–Crippen MR) is 78.3 cm³/mol. The van der Waals surface area contributed by atoms with Gasteiger partial charge in [0.05, 0.1) is 5.69 Å². The van der Waals surface area contributed by atoms with Crippen LogP contribution in [0.3, 0.4) is 0 Å². The highest BCUT2D eigenvalue weighted by Crippen LogP contribution is 2.22. The molecule has 0 aliphatic carbocycles. The van der Waals surface area contributed by atoms with E-state index in [1.54, 1.807) is 0 Å². The Kier molecular flexibility index (Phi) is 4.10. The summed E-state index contributed by atoms with van der Waals surface area (Å²) >= 11 is 0. The lowest BCUT2D eigenvalue weighted by Crippen LogP contribution is -2.06. The Morgan fingerprint density at radius 3 is 2.58 bits per heavy atom. The SMILES string of the molecule is CCNc1cc(-c2ccc(C)nc2)nc(C(C)C)n1. The van der Waals surface area contributed by atoms with Crippen LogP contribution in [0.4, 0.5) is 5.82 Å². The van der Waals surface area contributed by atoms with E-state index in [-0.39, 0.29) is 0 Å². The molecule has 0 aromatic carbocycles. The summed E-state index contributed by atoms with van der Waals surface area (Å²) in [4.78, 5) is 13.5. The summed E-state index contributed by atoms with van der Waals surface area (Å²) in [5.74, 6) is 2.03. The van der Waals surface area contributed by atoms with E-state index in [4.69, 9.17) is 0 Å². The van der Waals surface area contributed by atoms with E-state index < -0.39 is 0 Å². The normalized spacial score (nSPS) is 10.8. The van der Waals surface area contributed by atoms with Gasteiger partial charge in [-0.15, -0.1) is 0 Å². The van der Waals surface area contributed by atoms with Crippen LogP contribution >= 0.6 is 0 Å². The van der Waals surface area contributed by atoms with Crippen molar-refractivity contribution in [3.8, 4) is 11.3 Å². The van der Waals surface area contributed by atoms with Gasteiger partial charge in [0, 0.05) is 36.0 Å². The molecule has 2 rings (SSSR count). The van der Waals surface area contributed by atoms with Gasteiger partial charge in [-0.05, 0) is 26.0 Å². The topological polar surface area (TPSA) is 50.7 Å². The molecule has 0 aliphatic rings. The fourth-order valence-electron chi connectivity index (χ4n) is 1.76. The minimum absolute atomic E-state index is 0.302. The van der Waals surface area contributed by atoms with E-state index in [0.29, 0.717) is 5.92 Å². The van der Waals surface area contributed by atoms with Crippen LogP contribution in [-0.2, 0) is 0 Å². The predicted octanol–water partition coefficient (Wildman–Crippen LogP) is 3.40. The molecule has 2 aromatic heterocycles. The first-order valence-corrected chi connectivity index (χ1v) is 6.66. The number of rotatable bonds is 4. The van der Waals surface area contributed by atoms with Gasteiger partial charge in [-0.3, -0.25) is 4.98 Å². The molecule has 0 unspecified atom stereocenters. The number of hydrogen-bond acceptors (Lipinski definition) is 4. The van der Waals surface area contributed by atoms with Crippen LogP contribution in [-0.4, -0.2) is 21.5 Å². The van der Waals surface area contributed by atoms with E-state index in [2.05, 4.69) is 41.0 Å². The third kappa shape index (κ3) is 3.28. The maximum absolute atomic E-state index is 4.62. The number of pyridine rings is 1. The van der Waals surface area contributed by atoms with Crippen molar-refractivity contribution in [1.82, 2.24) is 15.0 Å². The van der Waals surface area contributed by atoms with Crippen LogP contribution in [0.2, 0.25) is 0 Å². The maximum atomic E-state index is 4.62. The highest BCUT2D eigenvalue weighted by molar-refractivity contribution is 5.61. The van der Waals surface area contributed by atoms with Crippen molar-refractivity contribution in [3.05, 3.63) is 35.9 Å². The number of aryl methyl sites for hydroxylation is 1. The van der Waals surface area contributed by atoms with Crippen molar-refractivity contribution in [1.29, 1.82) is 0 Å². The largest absolute Gasteiger partial charge is 0.370 e. The van der Waals surface area contributed by atoms with Gasteiger partial charge in [0.2, 0.25) is 0 Å². The molecule has 2 aromatic rings. The molecule has 0 radical (unpaired) electrons. The fraction of sp³-hybridized carbons (Fsp3) is 0.400. The Hall–Kier alpha value is -1.97. The molecule has 0 atom stereocenters. The molecule has 0 fully saturated rings. The smallest absolute Gasteiger partial charge is 0.133 e. The van der Waals surface area contributed by atoms with Crippen molar-refractivity contribution in [2.75, 3.05) is 11.9 Å². The van der Waals surface area contributed by atoms with Crippen LogP contribution in [0.25, 0.3) is 11.3 Å². The monoisotopic (exact) mass is 256 g/mol. The van der Waals surface area contributed by atoms with Crippen molar-refractivity contribution in [2.45, 2.75) is 33.6 Å². The first-order valence-electron chi connectivity index (χ1n) is 6.66. The molecule has 4 heteroatoms. The van der Waals surface area contributed by atoms with Gasteiger partial charge < -0.3 is 5.32 Å². The maximum Gasteiger partial charge on any atom is 0.133 e. The van der Waals surface area contributed by atoms with Gasteiger partial charge in [-0.25, -0.2) is 9.97 Å². The van der Waals surface area contributed by atoms with E-state index in [1.165, 1.54) is 0 Å². The second kappa shape index (κ2) is 5.78. The van der Waals surface area contributed by atoms with Gasteiger partial charge in [0.1, 0.15) is 11.6 Å². The second-order valence-electron chi connectivity index (χ2n) is 4.87. The molecular weight excluding hydrogens is 236 g/mol. The van der Waals surface area contributed by atoms with Crippen LogP contribution in [0.15, 0.2) is 24.4 Å². The fourth-order valence-corrected chi connectivity index (χ4v) is 1.76. The first kappa shape index (κ1) is 13.5. The minimum atomic E-state index is 0.302. The highest BCUT2D eigenvalue weighted by atomic mass is 15.0. The zero-order chi connectivity index (χ0) is 13.8. The Morgan fingerprint density at radius 1 is 1.21 bits per heavy atom. The Bertz CT molecular complexity index is 547. The van der Waals surface area contributed by atoms with Gasteiger partial charge in [-0.2, -0.15) is 0 Å². The Labute approximate surface area is 114 Å². The molecule has 0 spiro atoms. The molecule has 4 nitrogen and oxygen atoms in total. The van der Waals surface area contributed by atoms with Crippen molar-refractivity contribution in [3.63, 3.8) is 0 Å². The van der Waals surface area contributed by atoms with Gasteiger partial charge in [-0.1, -0.05) is 13.8 Å². The van der Waals surface area contributed by atoms with Crippen LogP contribution in [0.5, 0.6) is 0 Å². The average Bonchev–Trinajstić information content (AvgIpc) is 2.39. The molecule has 2 heterocycles. The number of nitrogens with one attached hydrogen (secondary N) is 1. The van der Waals surface area contributed by atoms with E-state index in [1.807, 2.05) is 31.3 Å². The van der Waals surface area contributed by atoms with Crippen molar-refractivity contribution < 1.29 is 0 Å². The van der Waals surface area contributed by atoms with Crippen molar-refractivity contribution >= 4 is 5.82 Å². The lowest BCUT2D eigenvalue weighted by atomic mass is 10.1. The lowest BCUT2D eigenvalue weighted by molar-refractivity contribution is 0.776. The molecule has 100 valence electrons. The highest BCUT2D eigenvalue weighted by Gasteiger charge is 2.09. The van der Waals surface area contributed by atoms with Crippen LogP contribution in [0, 0.1) is 6.92 Å². The van der Waals surface area contributed by atoms with Gasteiger partial charge in [0.25, 0.3) is 0 Å². The molecule has 0 amide bonds. The summed E-state index contributed by atoms with van der Waals surface area (Å²) < 4.78 is 0. The van der Waals surface area contributed by atoms with Gasteiger partial charge in [0.15, 0.2) is 0 Å². The summed E-state index contributed by atoms with van der Waals surface area (Å²) in [7, 11) is 0. The number of hydrogen-bond donors (Lipinski definition) is 1. The molecule has 0 aliphatic heterocycles. The summed E-state index contributed by atoms with van der Waals surface area (Å²) in [6, 6.07) is 6.02. The second-order valence-corrected chi connectivity index (χ2v) is 4.87. The van der Waals surface area contributed by atoms with Crippen molar-refractivity contribution in [2.24, 2.45) is 0 Å². The summed E-state index contributed by atoms with van der Waals surface area (Å²) in [6.07, 6.45) is 1.86. The summed E-state index contributed by atoms with van der Waals surface area (Å²) in [6.45, 7) is 9.09. The molecule has 19 heavy (non-hydrogen) atoms. The van der Waals surface area contributed by atoms with Gasteiger partial charge >= 0.3 is 0 Å². The van der Waals surface area contributed by atoms with E-state index in [0.717, 1.165) is 35.1 Å². The Balaban J connectivity index is 2.46. The first-order chi connectivity index (χ1) is 9.10. The van der Waals surface area contributed by atoms with Crippen LogP contribution < -0.4 is 5.32 Å². The molecule has 1 N–H and O–H groups in total. The molecular formula is C15H20N4. The lowest BCUT2D eigenvalue weighted by Gasteiger charge is -2.11. The third-order valence-electron chi connectivity index (χ3n) is 2.82. The molecule has 0 bridgehead atoms. The average molecular weight is 256 g/mol. The van der Waals surface area contributed by atoms with E-state index in [9.17, 15) is 0 Å². The number of anilines is 1. The molecule has 0 saturated heterocycles. The molecule has 0 saturated carbocycles. The zero-order valence-corrected chi connectivity index (χ0v) is 11.9. The number of nitrogens with zero attached hydrogens (tertiary/aromatic N) is 3. The summed E-state index contributed by atoms with van der Waals surface area (Å²) in [5, 5.41) is 3.25. The Morgan fingerprint density at radius 2 is 2.00 bits per heavy atom.